The van der Waals surface area contributed by atoms with Gasteiger partial charge in [-0.25, -0.2) is 0 Å². The lowest BCUT2D eigenvalue weighted by atomic mass is 10.0. The molecule has 2 aliphatic rings. The molecule has 0 aromatic heterocycles. The molecule has 0 amide bonds. The van der Waals surface area contributed by atoms with Gasteiger partial charge < -0.3 is 14.9 Å². The molecule has 0 aromatic rings. The lowest BCUT2D eigenvalue weighted by molar-refractivity contribution is -0.145. The zero-order chi connectivity index (χ0) is 10.3. The lowest BCUT2D eigenvalue weighted by Gasteiger charge is -2.16. The fraction of sp³-hybridized carbons (Fsp3) is 0.700. The highest BCUT2D eigenvalue weighted by Gasteiger charge is 2.60. The lowest BCUT2D eigenvalue weighted by Crippen LogP contribution is -2.29. The molecule has 0 aromatic carbocycles. The third-order valence-electron chi connectivity index (χ3n) is 2.97. The number of hydrogen-bond acceptors (Lipinski definition) is 4. The number of aliphatic hydroxyl groups excluding tert-OH is 2. The number of aliphatic hydroxyl groups is 2. The van der Waals surface area contributed by atoms with Crippen molar-refractivity contribution in [1.29, 1.82) is 0 Å². The van der Waals surface area contributed by atoms with Crippen LogP contribution in [0.2, 0.25) is 0 Å². The van der Waals surface area contributed by atoms with Crippen molar-refractivity contribution in [3.8, 4) is 0 Å². The van der Waals surface area contributed by atoms with Crippen LogP contribution in [0, 0.1) is 17.8 Å². The monoisotopic (exact) mass is 198 g/mol. The molecule has 0 saturated heterocycles. The first-order valence-electron chi connectivity index (χ1n) is 4.88. The van der Waals surface area contributed by atoms with Crippen LogP contribution in [0.4, 0.5) is 0 Å². The Morgan fingerprint density at radius 1 is 1.43 bits per heavy atom. The van der Waals surface area contributed by atoms with Crippen molar-refractivity contribution in [1.82, 2.24) is 0 Å². The molecule has 0 spiro atoms. The van der Waals surface area contributed by atoms with Crippen molar-refractivity contribution in [2.45, 2.75) is 19.1 Å². The van der Waals surface area contributed by atoms with Gasteiger partial charge in [0.2, 0.25) is 0 Å². The summed E-state index contributed by atoms with van der Waals surface area (Å²) < 4.78 is 4.88. The number of carbonyl (C=O) groups is 1. The van der Waals surface area contributed by atoms with Crippen LogP contribution in [0.25, 0.3) is 0 Å². The molecule has 5 atom stereocenters. The summed E-state index contributed by atoms with van der Waals surface area (Å²) in [5.41, 5.74) is 0. The topological polar surface area (TPSA) is 66.8 Å². The van der Waals surface area contributed by atoms with Gasteiger partial charge in [0.15, 0.2) is 0 Å². The molecule has 0 aliphatic heterocycles. The van der Waals surface area contributed by atoms with Crippen LogP contribution in [0.1, 0.15) is 6.92 Å². The average molecular weight is 198 g/mol. The number of hydrogen-bond donors (Lipinski definition) is 2. The largest absolute Gasteiger partial charge is 0.466 e. The van der Waals surface area contributed by atoms with Crippen LogP contribution < -0.4 is 0 Å². The molecular formula is C10H14O4. The van der Waals surface area contributed by atoms with Gasteiger partial charge in [-0.1, -0.05) is 12.2 Å². The highest BCUT2D eigenvalue weighted by atomic mass is 16.5. The minimum absolute atomic E-state index is 0.0625. The molecule has 2 rings (SSSR count). The molecule has 1 saturated carbocycles. The van der Waals surface area contributed by atoms with E-state index >= 15 is 0 Å². The Kier molecular flexibility index (Phi) is 2.33. The van der Waals surface area contributed by atoms with E-state index in [0.717, 1.165) is 0 Å². The first kappa shape index (κ1) is 9.68. The molecule has 2 aliphatic carbocycles. The van der Waals surface area contributed by atoms with Crippen molar-refractivity contribution in [3.05, 3.63) is 12.2 Å². The molecule has 2 N–H and O–H groups in total. The Bertz CT molecular complexity index is 273. The van der Waals surface area contributed by atoms with E-state index in [4.69, 9.17) is 4.74 Å². The Hall–Kier alpha value is -0.870. The number of carbonyl (C=O) groups excluding carboxylic acids is 1. The molecule has 78 valence electrons. The van der Waals surface area contributed by atoms with Gasteiger partial charge in [0, 0.05) is 5.92 Å². The summed E-state index contributed by atoms with van der Waals surface area (Å²) in [4.78, 5) is 11.4. The van der Waals surface area contributed by atoms with Gasteiger partial charge >= 0.3 is 5.97 Å². The van der Waals surface area contributed by atoms with Gasteiger partial charge in [0.1, 0.15) is 0 Å². The van der Waals surface area contributed by atoms with Crippen molar-refractivity contribution in [2.24, 2.45) is 17.8 Å². The molecular weight excluding hydrogens is 184 g/mol. The third-order valence-corrected chi connectivity index (χ3v) is 2.97. The highest BCUT2D eigenvalue weighted by molar-refractivity contribution is 5.77. The van der Waals surface area contributed by atoms with Crippen LogP contribution in [-0.2, 0) is 9.53 Å². The predicted molar refractivity (Wildman–Crippen MR) is 48.3 cm³/mol. The number of fused-ring (bicyclic) bond motifs is 1. The second kappa shape index (κ2) is 3.37. The van der Waals surface area contributed by atoms with Crippen molar-refractivity contribution in [3.63, 3.8) is 0 Å². The quantitative estimate of drug-likeness (QED) is 0.472. The average Bonchev–Trinajstić information content (AvgIpc) is 2.87. The van der Waals surface area contributed by atoms with E-state index in [1.807, 2.05) is 0 Å². The summed E-state index contributed by atoms with van der Waals surface area (Å²) in [5, 5.41) is 18.9. The second-order valence-electron chi connectivity index (χ2n) is 3.80. The van der Waals surface area contributed by atoms with Gasteiger partial charge in [0.25, 0.3) is 0 Å². The van der Waals surface area contributed by atoms with Gasteiger partial charge in [0.05, 0.1) is 24.7 Å². The molecule has 0 heterocycles. The molecule has 0 radical (unpaired) electrons. The van der Waals surface area contributed by atoms with Crippen LogP contribution >= 0.6 is 0 Å². The number of ether oxygens (including phenoxy) is 1. The van der Waals surface area contributed by atoms with Gasteiger partial charge in [-0.2, -0.15) is 0 Å². The molecule has 1 fully saturated rings. The van der Waals surface area contributed by atoms with E-state index < -0.39 is 12.2 Å². The minimum Gasteiger partial charge on any atom is -0.466 e. The number of esters is 1. The molecule has 4 nitrogen and oxygen atoms in total. The summed E-state index contributed by atoms with van der Waals surface area (Å²) >= 11 is 0. The standard InChI is InChI=1S/C10H14O4/c1-2-14-10(13)8-5-3-4-6(11)9(12)7(5)8/h3-9,11-12H,2H2,1H3/t5-,6-,7+,8+,9-/m1/s1. The fourth-order valence-corrected chi connectivity index (χ4v) is 2.18. The first-order chi connectivity index (χ1) is 6.66. The van der Waals surface area contributed by atoms with Crippen LogP contribution in [0.3, 0.4) is 0 Å². The van der Waals surface area contributed by atoms with Crippen molar-refractivity contribution < 1.29 is 19.7 Å². The molecule has 0 bridgehead atoms. The van der Waals surface area contributed by atoms with E-state index in [-0.39, 0.29) is 23.7 Å². The van der Waals surface area contributed by atoms with E-state index in [0.29, 0.717) is 6.61 Å². The first-order valence-corrected chi connectivity index (χ1v) is 4.88. The Morgan fingerprint density at radius 2 is 2.14 bits per heavy atom. The van der Waals surface area contributed by atoms with Crippen LogP contribution in [0.5, 0.6) is 0 Å². The minimum atomic E-state index is -0.837. The Morgan fingerprint density at radius 3 is 2.79 bits per heavy atom. The Balaban J connectivity index is 2.02. The van der Waals surface area contributed by atoms with E-state index in [9.17, 15) is 15.0 Å². The van der Waals surface area contributed by atoms with E-state index in [1.165, 1.54) is 0 Å². The summed E-state index contributed by atoms with van der Waals surface area (Å²) in [6.07, 6.45) is 1.68. The van der Waals surface area contributed by atoms with Crippen LogP contribution in [-0.4, -0.2) is 35.0 Å². The molecule has 14 heavy (non-hydrogen) atoms. The second-order valence-corrected chi connectivity index (χ2v) is 3.80. The summed E-state index contributed by atoms with van der Waals surface area (Å²) in [5.74, 6) is -0.597. The SMILES string of the molecule is CCOC(=O)[C@H]1[C@@H]2C=C[C@@H](O)[C@@H](O)[C@@H]21. The summed E-state index contributed by atoms with van der Waals surface area (Å²) in [6, 6.07) is 0. The maximum Gasteiger partial charge on any atom is 0.309 e. The molecule has 0 unspecified atom stereocenters. The maximum absolute atomic E-state index is 11.4. The fourth-order valence-electron chi connectivity index (χ4n) is 2.18. The summed E-state index contributed by atoms with van der Waals surface area (Å²) in [7, 11) is 0. The van der Waals surface area contributed by atoms with Gasteiger partial charge in [-0.05, 0) is 12.8 Å². The summed E-state index contributed by atoms with van der Waals surface area (Å²) in [6.45, 7) is 2.11. The van der Waals surface area contributed by atoms with Crippen molar-refractivity contribution >= 4 is 5.97 Å². The van der Waals surface area contributed by atoms with Gasteiger partial charge in [-0.3, -0.25) is 4.79 Å². The Labute approximate surface area is 82.2 Å². The van der Waals surface area contributed by atoms with E-state index in [1.54, 1.807) is 19.1 Å². The predicted octanol–water partition coefficient (Wildman–Crippen LogP) is -0.297. The van der Waals surface area contributed by atoms with Gasteiger partial charge in [-0.15, -0.1) is 0 Å². The van der Waals surface area contributed by atoms with Crippen molar-refractivity contribution in [2.75, 3.05) is 6.61 Å². The smallest absolute Gasteiger partial charge is 0.309 e. The molecule has 4 heteroatoms. The van der Waals surface area contributed by atoms with E-state index in [2.05, 4.69) is 0 Å². The normalized spacial score (nSPS) is 44.4. The number of allylic oxidation sites excluding steroid dienone is 1. The highest BCUT2D eigenvalue weighted by Crippen LogP contribution is 2.53. The third kappa shape index (κ3) is 1.35. The van der Waals surface area contributed by atoms with Crippen LogP contribution in [0.15, 0.2) is 12.2 Å². The number of rotatable bonds is 2. The zero-order valence-electron chi connectivity index (χ0n) is 7.96. The maximum atomic E-state index is 11.4. The zero-order valence-corrected chi connectivity index (χ0v) is 7.96.